The Labute approximate surface area is 181 Å². The Morgan fingerprint density at radius 1 is 1.07 bits per heavy atom. The van der Waals surface area contributed by atoms with Crippen LogP contribution >= 0.6 is 23.8 Å². The molecule has 0 aromatic heterocycles. The number of ether oxygens (including phenoxy) is 2. The second-order valence-corrected chi connectivity index (χ2v) is 7.48. The number of piperidine rings is 1. The fourth-order valence-electron chi connectivity index (χ4n) is 3.36. The number of carbonyl (C=O) groups is 1. The standard InChI is InChI=1S/C21H24ClN3O3S/c1-27-17-10-9-14(13-18(17)28-2)20(26)24-21(29)23-16-8-6-7-15(22)19(16)25-11-4-3-5-12-25/h6-10,13H,3-5,11-12H2,1-2H3,(H2,23,24,26,29). The van der Waals surface area contributed by atoms with Crippen LogP contribution in [0.3, 0.4) is 0 Å². The maximum Gasteiger partial charge on any atom is 0.257 e. The number of halogens is 1. The van der Waals surface area contributed by atoms with Gasteiger partial charge in [0.1, 0.15) is 0 Å². The summed E-state index contributed by atoms with van der Waals surface area (Å²) < 4.78 is 10.5. The van der Waals surface area contributed by atoms with Gasteiger partial charge in [-0.15, -0.1) is 0 Å². The topological polar surface area (TPSA) is 62.8 Å². The van der Waals surface area contributed by atoms with E-state index >= 15 is 0 Å². The van der Waals surface area contributed by atoms with Crippen LogP contribution in [0, 0.1) is 0 Å². The third-order valence-electron chi connectivity index (χ3n) is 4.78. The van der Waals surface area contributed by atoms with Gasteiger partial charge in [0.15, 0.2) is 16.6 Å². The fraction of sp³-hybridized carbons (Fsp3) is 0.333. The van der Waals surface area contributed by atoms with E-state index in [0.717, 1.165) is 37.3 Å². The minimum Gasteiger partial charge on any atom is -0.493 e. The molecule has 1 aliphatic heterocycles. The van der Waals surface area contributed by atoms with E-state index in [2.05, 4.69) is 15.5 Å². The average molecular weight is 434 g/mol. The largest absolute Gasteiger partial charge is 0.493 e. The summed E-state index contributed by atoms with van der Waals surface area (Å²) in [5.74, 6) is 0.682. The highest BCUT2D eigenvalue weighted by Gasteiger charge is 2.19. The zero-order valence-corrected chi connectivity index (χ0v) is 18.0. The lowest BCUT2D eigenvalue weighted by atomic mass is 10.1. The first-order valence-electron chi connectivity index (χ1n) is 9.41. The van der Waals surface area contributed by atoms with Crippen LogP contribution in [0.2, 0.25) is 5.02 Å². The van der Waals surface area contributed by atoms with E-state index in [9.17, 15) is 4.79 Å². The van der Waals surface area contributed by atoms with E-state index in [1.165, 1.54) is 13.5 Å². The molecule has 2 aromatic rings. The van der Waals surface area contributed by atoms with Crippen molar-refractivity contribution in [3.63, 3.8) is 0 Å². The molecule has 0 spiro atoms. The molecule has 0 radical (unpaired) electrons. The molecular formula is C21H24ClN3O3S. The molecule has 2 N–H and O–H groups in total. The Balaban J connectivity index is 1.73. The second kappa shape index (κ2) is 9.80. The van der Waals surface area contributed by atoms with E-state index in [0.29, 0.717) is 22.1 Å². The number of hydrogen-bond donors (Lipinski definition) is 2. The Morgan fingerprint density at radius 2 is 1.79 bits per heavy atom. The smallest absolute Gasteiger partial charge is 0.257 e. The molecule has 0 unspecified atom stereocenters. The minimum absolute atomic E-state index is 0.199. The van der Waals surface area contributed by atoms with Crippen LogP contribution in [-0.2, 0) is 0 Å². The zero-order valence-electron chi connectivity index (χ0n) is 16.5. The van der Waals surface area contributed by atoms with Crippen molar-refractivity contribution in [1.29, 1.82) is 0 Å². The SMILES string of the molecule is COc1ccc(C(=O)NC(=S)Nc2cccc(Cl)c2N2CCCCC2)cc1OC. The third-order valence-corrected chi connectivity index (χ3v) is 5.29. The van der Waals surface area contributed by atoms with Crippen molar-refractivity contribution >= 4 is 46.2 Å². The van der Waals surface area contributed by atoms with Crippen LogP contribution < -0.4 is 25.0 Å². The molecule has 1 aliphatic rings. The molecule has 154 valence electrons. The Hall–Kier alpha value is -2.51. The first-order chi connectivity index (χ1) is 14.0. The van der Waals surface area contributed by atoms with Gasteiger partial charge in [0.25, 0.3) is 5.91 Å². The molecule has 0 bridgehead atoms. The van der Waals surface area contributed by atoms with Crippen LogP contribution in [0.15, 0.2) is 36.4 Å². The van der Waals surface area contributed by atoms with Gasteiger partial charge < -0.3 is 19.7 Å². The highest BCUT2D eigenvalue weighted by Crippen LogP contribution is 2.35. The van der Waals surface area contributed by atoms with Crippen LogP contribution in [0.4, 0.5) is 11.4 Å². The lowest BCUT2D eigenvalue weighted by Gasteiger charge is -2.31. The van der Waals surface area contributed by atoms with Crippen LogP contribution in [-0.4, -0.2) is 38.3 Å². The highest BCUT2D eigenvalue weighted by molar-refractivity contribution is 7.80. The number of benzene rings is 2. The number of nitrogens with zero attached hydrogens (tertiary/aromatic N) is 1. The number of anilines is 2. The van der Waals surface area contributed by atoms with Crippen LogP contribution in [0.25, 0.3) is 0 Å². The van der Waals surface area contributed by atoms with Crippen molar-refractivity contribution < 1.29 is 14.3 Å². The van der Waals surface area contributed by atoms with E-state index in [-0.39, 0.29) is 11.0 Å². The molecule has 0 aliphatic carbocycles. The zero-order chi connectivity index (χ0) is 20.8. The average Bonchev–Trinajstić information content (AvgIpc) is 2.73. The maximum absolute atomic E-state index is 12.6. The van der Waals surface area contributed by atoms with Crippen molar-refractivity contribution in [3.8, 4) is 11.5 Å². The predicted octanol–water partition coefficient (Wildman–Crippen LogP) is 4.47. The summed E-state index contributed by atoms with van der Waals surface area (Å²) in [6.45, 7) is 1.90. The Kier molecular flexibility index (Phi) is 7.17. The molecule has 1 amide bonds. The Bertz CT molecular complexity index is 901. The summed E-state index contributed by atoms with van der Waals surface area (Å²) in [7, 11) is 3.06. The number of rotatable bonds is 5. The monoisotopic (exact) mass is 433 g/mol. The van der Waals surface area contributed by atoms with Gasteiger partial charge in [-0.2, -0.15) is 0 Å². The van der Waals surface area contributed by atoms with Gasteiger partial charge in [0, 0.05) is 18.7 Å². The number of para-hydroxylation sites is 1. The molecular weight excluding hydrogens is 410 g/mol. The molecule has 2 aromatic carbocycles. The van der Waals surface area contributed by atoms with Crippen molar-refractivity contribution in [1.82, 2.24) is 5.32 Å². The first-order valence-corrected chi connectivity index (χ1v) is 10.2. The van der Waals surface area contributed by atoms with Gasteiger partial charge in [-0.1, -0.05) is 17.7 Å². The molecule has 8 heteroatoms. The molecule has 0 atom stereocenters. The second-order valence-electron chi connectivity index (χ2n) is 6.66. The van der Waals surface area contributed by atoms with Crippen molar-refractivity contribution in [2.24, 2.45) is 0 Å². The van der Waals surface area contributed by atoms with Gasteiger partial charge in [-0.25, -0.2) is 0 Å². The quantitative estimate of drug-likeness (QED) is 0.678. The summed E-state index contributed by atoms with van der Waals surface area (Å²) in [4.78, 5) is 14.9. The van der Waals surface area contributed by atoms with Gasteiger partial charge in [0.2, 0.25) is 0 Å². The lowest BCUT2D eigenvalue weighted by Crippen LogP contribution is -2.35. The Morgan fingerprint density at radius 3 is 2.48 bits per heavy atom. The van der Waals surface area contributed by atoms with Crippen LogP contribution in [0.5, 0.6) is 11.5 Å². The normalized spacial score (nSPS) is 13.6. The molecule has 1 saturated heterocycles. The summed E-state index contributed by atoms with van der Waals surface area (Å²) in [5, 5.41) is 6.68. The van der Waals surface area contributed by atoms with E-state index in [4.69, 9.17) is 33.3 Å². The molecule has 0 saturated carbocycles. The summed E-state index contributed by atoms with van der Waals surface area (Å²) in [5.41, 5.74) is 2.10. The number of carbonyl (C=O) groups excluding carboxylic acids is 1. The number of nitrogens with one attached hydrogen (secondary N) is 2. The van der Waals surface area contributed by atoms with Crippen molar-refractivity contribution in [2.45, 2.75) is 19.3 Å². The van der Waals surface area contributed by atoms with E-state index in [1.54, 1.807) is 25.3 Å². The molecule has 29 heavy (non-hydrogen) atoms. The fourth-order valence-corrected chi connectivity index (χ4v) is 3.86. The molecule has 1 heterocycles. The van der Waals surface area contributed by atoms with Crippen molar-refractivity contribution in [2.75, 3.05) is 37.5 Å². The number of methoxy groups -OCH3 is 2. The van der Waals surface area contributed by atoms with Gasteiger partial charge in [-0.3, -0.25) is 10.1 Å². The summed E-state index contributed by atoms with van der Waals surface area (Å²) in [6, 6.07) is 10.6. The predicted molar refractivity (Wildman–Crippen MR) is 121 cm³/mol. The number of hydrogen-bond acceptors (Lipinski definition) is 5. The first kappa shape index (κ1) is 21.2. The summed E-state index contributed by atoms with van der Waals surface area (Å²) >= 11 is 11.8. The van der Waals surface area contributed by atoms with Gasteiger partial charge in [-0.05, 0) is 61.8 Å². The maximum atomic E-state index is 12.6. The minimum atomic E-state index is -0.343. The third kappa shape index (κ3) is 5.10. The molecule has 6 nitrogen and oxygen atoms in total. The van der Waals surface area contributed by atoms with E-state index in [1.807, 2.05) is 18.2 Å². The number of thiocarbonyl (C=S) groups is 1. The van der Waals surface area contributed by atoms with Gasteiger partial charge >= 0.3 is 0 Å². The molecule has 3 rings (SSSR count). The lowest BCUT2D eigenvalue weighted by molar-refractivity contribution is 0.0977. The van der Waals surface area contributed by atoms with Crippen LogP contribution in [0.1, 0.15) is 29.6 Å². The van der Waals surface area contributed by atoms with Crippen molar-refractivity contribution in [3.05, 3.63) is 47.0 Å². The molecule has 1 fully saturated rings. The highest BCUT2D eigenvalue weighted by atomic mass is 35.5. The van der Waals surface area contributed by atoms with E-state index < -0.39 is 0 Å². The number of amides is 1. The van der Waals surface area contributed by atoms with Gasteiger partial charge in [0.05, 0.1) is 30.6 Å². The summed E-state index contributed by atoms with van der Waals surface area (Å²) in [6.07, 6.45) is 3.49.